The molecule has 0 aromatic heterocycles. The van der Waals surface area contributed by atoms with Gasteiger partial charge in [-0.25, -0.2) is 18.4 Å². The van der Waals surface area contributed by atoms with Crippen LogP contribution in [0, 0.1) is 11.6 Å². The SMILES string of the molecule is O=C(O[C@H]1OCCO[C@H]1OC(=O)c1ccccc1F)c1ccccc1F. The third kappa shape index (κ3) is 4.04. The molecule has 1 saturated heterocycles. The van der Waals surface area contributed by atoms with E-state index in [2.05, 4.69) is 0 Å². The number of hydrogen-bond donors (Lipinski definition) is 0. The average Bonchev–Trinajstić information content (AvgIpc) is 2.64. The smallest absolute Gasteiger partial charge is 0.343 e. The maximum Gasteiger partial charge on any atom is 0.343 e. The van der Waals surface area contributed by atoms with Crippen LogP contribution in [0.1, 0.15) is 20.7 Å². The van der Waals surface area contributed by atoms with Gasteiger partial charge in [-0.3, -0.25) is 0 Å². The van der Waals surface area contributed by atoms with Gasteiger partial charge in [0.05, 0.1) is 24.3 Å². The van der Waals surface area contributed by atoms with E-state index in [1.165, 1.54) is 36.4 Å². The fourth-order valence-electron chi connectivity index (χ4n) is 2.26. The second kappa shape index (κ2) is 8.03. The summed E-state index contributed by atoms with van der Waals surface area (Å²) in [5.74, 6) is -3.56. The molecule has 136 valence electrons. The van der Waals surface area contributed by atoms with Crippen molar-refractivity contribution in [1.29, 1.82) is 0 Å². The summed E-state index contributed by atoms with van der Waals surface area (Å²) in [6.45, 7) is 0.145. The van der Waals surface area contributed by atoms with Crippen LogP contribution >= 0.6 is 0 Å². The highest BCUT2D eigenvalue weighted by Gasteiger charge is 2.35. The molecule has 26 heavy (non-hydrogen) atoms. The molecule has 0 saturated carbocycles. The van der Waals surface area contributed by atoms with E-state index in [-0.39, 0.29) is 24.3 Å². The summed E-state index contributed by atoms with van der Waals surface area (Å²) >= 11 is 0. The Balaban J connectivity index is 1.70. The Morgan fingerprint density at radius 1 is 0.769 bits per heavy atom. The van der Waals surface area contributed by atoms with Gasteiger partial charge in [-0.1, -0.05) is 24.3 Å². The fourth-order valence-corrected chi connectivity index (χ4v) is 2.26. The standard InChI is InChI=1S/C18H14F2O6/c19-13-7-3-1-5-11(13)15(21)25-17-18(24-10-9-23-17)26-16(22)12-6-2-4-8-14(12)20/h1-8,17-18H,9-10H2/t17-,18+. The number of ether oxygens (including phenoxy) is 4. The Morgan fingerprint density at radius 2 is 1.15 bits per heavy atom. The zero-order chi connectivity index (χ0) is 18.5. The van der Waals surface area contributed by atoms with Crippen molar-refractivity contribution in [3.05, 3.63) is 71.3 Å². The van der Waals surface area contributed by atoms with E-state index in [4.69, 9.17) is 18.9 Å². The molecule has 0 spiro atoms. The van der Waals surface area contributed by atoms with Crippen LogP contribution in [0.25, 0.3) is 0 Å². The van der Waals surface area contributed by atoms with Crippen LogP contribution in [0.2, 0.25) is 0 Å². The van der Waals surface area contributed by atoms with E-state index >= 15 is 0 Å². The van der Waals surface area contributed by atoms with Crippen molar-refractivity contribution < 1.29 is 37.3 Å². The zero-order valence-electron chi connectivity index (χ0n) is 13.4. The lowest BCUT2D eigenvalue weighted by Gasteiger charge is -2.30. The monoisotopic (exact) mass is 364 g/mol. The predicted molar refractivity (Wildman–Crippen MR) is 83.1 cm³/mol. The van der Waals surface area contributed by atoms with Crippen LogP contribution in [0.4, 0.5) is 8.78 Å². The third-order valence-electron chi connectivity index (χ3n) is 3.50. The lowest BCUT2D eigenvalue weighted by molar-refractivity contribution is -0.288. The van der Waals surface area contributed by atoms with Crippen molar-refractivity contribution in [1.82, 2.24) is 0 Å². The molecule has 0 bridgehead atoms. The second-order valence-corrected chi connectivity index (χ2v) is 5.25. The molecular formula is C18H14F2O6. The molecule has 6 nitrogen and oxygen atoms in total. The lowest BCUT2D eigenvalue weighted by Crippen LogP contribution is -2.44. The van der Waals surface area contributed by atoms with Gasteiger partial charge in [0.2, 0.25) is 0 Å². The van der Waals surface area contributed by atoms with Gasteiger partial charge in [0.15, 0.2) is 0 Å². The van der Waals surface area contributed by atoms with Crippen LogP contribution < -0.4 is 0 Å². The molecule has 1 fully saturated rings. The molecule has 8 heteroatoms. The maximum atomic E-state index is 13.7. The Kier molecular flexibility index (Phi) is 5.55. The molecule has 1 aliphatic heterocycles. The molecule has 1 aliphatic rings. The van der Waals surface area contributed by atoms with Gasteiger partial charge in [0.1, 0.15) is 11.6 Å². The van der Waals surface area contributed by atoms with Gasteiger partial charge < -0.3 is 18.9 Å². The normalized spacial score (nSPS) is 19.6. The third-order valence-corrected chi connectivity index (χ3v) is 3.50. The van der Waals surface area contributed by atoms with E-state index < -0.39 is 36.2 Å². The van der Waals surface area contributed by atoms with Crippen LogP contribution in [0.15, 0.2) is 48.5 Å². The molecule has 0 N–H and O–H groups in total. The number of halogens is 2. The summed E-state index contributed by atoms with van der Waals surface area (Å²) in [4.78, 5) is 24.2. The van der Waals surface area contributed by atoms with Gasteiger partial charge in [-0.05, 0) is 24.3 Å². The van der Waals surface area contributed by atoms with Gasteiger partial charge >= 0.3 is 11.9 Å². The number of benzene rings is 2. The van der Waals surface area contributed by atoms with Crippen molar-refractivity contribution in [3.8, 4) is 0 Å². The molecule has 0 aliphatic carbocycles. The number of carbonyl (C=O) groups is 2. The molecule has 0 radical (unpaired) electrons. The highest BCUT2D eigenvalue weighted by Crippen LogP contribution is 2.19. The minimum absolute atomic E-state index is 0.0724. The first kappa shape index (κ1) is 18.0. The molecule has 1 heterocycles. The number of rotatable bonds is 4. The van der Waals surface area contributed by atoms with Crippen LogP contribution in [-0.2, 0) is 18.9 Å². The molecule has 3 rings (SSSR count). The van der Waals surface area contributed by atoms with Crippen molar-refractivity contribution in [3.63, 3.8) is 0 Å². The van der Waals surface area contributed by atoms with Crippen LogP contribution in [0.5, 0.6) is 0 Å². The average molecular weight is 364 g/mol. The van der Waals surface area contributed by atoms with Crippen molar-refractivity contribution >= 4 is 11.9 Å². The van der Waals surface area contributed by atoms with Crippen molar-refractivity contribution in [2.45, 2.75) is 12.6 Å². The fraction of sp³-hybridized carbons (Fsp3) is 0.222. The molecule has 2 aromatic rings. The molecule has 2 atom stereocenters. The Hall–Kier alpha value is -2.84. The zero-order valence-corrected chi connectivity index (χ0v) is 13.4. The van der Waals surface area contributed by atoms with Crippen molar-refractivity contribution in [2.24, 2.45) is 0 Å². The second-order valence-electron chi connectivity index (χ2n) is 5.25. The molecule has 0 unspecified atom stereocenters. The van der Waals surface area contributed by atoms with Gasteiger partial charge in [0.25, 0.3) is 12.6 Å². The first-order valence-electron chi connectivity index (χ1n) is 7.70. The van der Waals surface area contributed by atoms with E-state index in [0.29, 0.717) is 0 Å². The Labute approximate surface area is 147 Å². The lowest BCUT2D eigenvalue weighted by atomic mass is 10.2. The summed E-state index contributed by atoms with van der Waals surface area (Å²) in [5.41, 5.74) is -0.610. The Morgan fingerprint density at radius 3 is 1.54 bits per heavy atom. The minimum atomic E-state index is -1.41. The number of hydrogen-bond acceptors (Lipinski definition) is 6. The van der Waals surface area contributed by atoms with Crippen molar-refractivity contribution in [2.75, 3.05) is 13.2 Å². The van der Waals surface area contributed by atoms with E-state index in [1.54, 1.807) is 0 Å². The van der Waals surface area contributed by atoms with Gasteiger partial charge in [-0.2, -0.15) is 0 Å². The maximum absolute atomic E-state index is 13.7. The highest BCUT2D eigenvalue weighted by molar-refractivity contribution is 5.90. The summed E-state index contributed by atoms with van der Waals surface area (Å²) in [7, 11) is 0. The molecule has 2 aromatic carbocycles. The summed E-state index contributed by atoms with van der Waals surface area (Å²) in [6.07, 6.45) is -2.82. The number of esters is 2. The Bertz CT molecular complexity index is 742. The summed E-state index contributed by atoms with van der Waals surface area (Å²) in [5, 5.41) is 0. The first-order valence-corrected chi connectivity index (χ1v) is 7.70. The minimum Gasteiger partial charge on any atom is -0.425 e. The largest absolute Gasteiger partial charge is 0.425 e. The van der Waals surface area contributed by atoms with Crippen LogP contribution in [0.3, 0.4) is 0 Å². The highest BCUT2D eigenvalue weighted by atomic mass is 19.1. The van der Waals surface area contributed by atoms with Gasteiger partial charge in [-0.15, -0.1) is 0 Å². The van der Waals surface area contributed by atoms with E-state index in [9.17, 15) is 18.4 Å². The summed E-state index contributed by atoms with van der Waals surface area (Å²) in [6, 6.07) is 10.5. The number of carbonyl (C=O) groups excluding carboxylic acids is 2. The van der Waals surface area contributed by atoms with E-state index in [0.717, 1.165) is 12.1 Å². The first-order chi connectivity index (χ1) is 12.6. The van der Waals surface area contributed by atoms with E-state index in [1.807, 2.05) is 0 Å². The van der Waals surface area contributed by atoms with Gasteiger partial charge in [0, 0.05) is 0 Å². The predicted octanol–water partition coefficient (Wildman–Crippen LogP) is 2.68. The molecule has 0 amide bonds. The quantitative estimate of drug-likeness (QED) is 0.777. The molecular weight excluding hydrogens is 350 g/mol. The summed E-state index contributed by atoms with van der Waals surface area (Å²) < 4.78 is 47.9. The topological polar surface area (TPSA) is 71.1 Å². The van der Waals surface area contributed by atoms with Crippen LogP contribution in [-0.4, -0.2) is 37.7 Å².